The fourth-order valence-electron chi connectivity index (χ4n) is 5.03. The highest BCUT2D eigenvalue weighted by Crippen LogP contribution is 2.34. The van der Waals surface area contributed by atoms with Gasteiger partial charge in [-0.2, -0.15) is 0 Å². The number of nitro groups is 1. The first-order valence-electron chi connectivity index (χ1n) is 14.0. The Hall–Kier alpha value is -3.60. The number of methoxy groups -OCH3 is 2. The monoisotopic (exact) mass is 602 g/mol. The van der Waals surface area contributed by atoms with Gasteiger partial charge in [0.1, 0.15) is 6.61 Å². The quantitative estimate of drug-likeness (QED) is 0.224. The fraction of sp³-hybridized carbons (Fsp3) is 0.452. The van der Waals surface area contributed by atoms with Crippen molar-refractivity contribution in [3.63, 3.8) is 0 Å². The fourth-order valence-corrected chi connectivity index (χ4v) is 5.03. The second kappa shape index (κ2) is 17.4. The van der Waals surface area contributed by atoms with Crippen LogP contribution in [0.25, 0.3) is 0 Å². The number of hydrogen-bond donors (Lipinski definition) is 1. The number of para-hydroxylation sites is 2. The largest absolute Gasteiger partial charge is 0.493 e. The zero-order valence-corrected chi connectivity index (χ0v) is 25.9. The Kier molecular flexibility index (Phi) is 14.3. The van der Waals surface area contributed by atoms with Crippen molar-refractivity contribution in [3.8, 4) is 11.5 Å². The summed E-state index contributed by atoms with van der Waals surface area (Å²) in [6.45, 7) is 13.5. The molecule has 1 atom stereocenters. The SMILES string of the molecule is CCCN1CCN(CCOc2ccccc2OC)CC1.COC(=O)C1=C(C)NC(C)=CC1c1cccc([N+](=O)[O-])c1.Cl. The third-order valence-electron chi connectivity index (χ3n) is 7.10. The predicted octanol–water partition coefficient (Wildman–Crippen LogP) is 5.16. The first kappa shape index (κ1) is 34.6. The Morgan fingerprint density at radius 1 is 1.00 bits per heavy atom. The number of carbonyl (C=O) groups excluding carboxylic acids is 1. The number of allylic oxidation sites excluding steroid dienone is 3. The van der Waals surface area contributed by atoms with E-state index < -0.39 is 10.9 Å². The summed E-state index contributed by atoms with van der Waals surface area (Å²) >= 11 is 0. The van der Waals surface area contributed by atoms with E-state index in [9.17, 15) is 14.9 Å². The van der Waals surface area contributed by atoms with Gasteiger partial charge in [-0.05, 0) is 44.5 Å². The number of halogens is 1. The number of ether oxygens (including phenoxy) is 3. The van der Waals surface area contributed by atoms with Crippen molar-refractivity contribution in [3.05, 3.63) is 87.3 Å². The number of hydrogen-bond acceptors (Lipinski definition) is 9. The molecule has 2 aliphatic heterocycles. The van der Waals surface area contributed by atoms with E-state index in [2.05, 4.69) is 22.0 Å². The van der Waals surface area contributed by atoms with E-state index in [0.717, 1.165) is 36.8 Å². The Morgan fingerprint density at radius 3 is 2.24 bits per heavy atom. The molecule has 2 heterocycles. The van der Waals surface area contributed by atoms with Crippen LogP contribution in [0.2, 0.25) is 0 Å². The number of nitro benzene ring substituents is 1. The van der Waals surface area contributed by atoms with Crippen LogP contribution >= 0.6 is 12.4 Å². The van der Waals surface area contributed by atoms with Gasteiger partial charge in [0.15, 0.2) is 11.5 Å². The van der Waals surface area contributed by atoms with Crippen LogP contribution in [-0.4, -0.2) is 80.8 Å². The van der Waals surface area contributed by atoms with E-state index >= 15 is 0 Å². The van der Waals surface area contributed by atoms with Crippen molar-refractivity contribution in [1.29, 1.82) is 0 Å². The predicted molar refractivity (Wildman–Crippen MR) is 166 cm³/mol. The number of piperazine rings is 1. The minimum absolute atomic E-state index is 0. The molecule has 10 nitrogen and oxygen atoms in total. The van der Waals surface area contributed by atoms with Gasteiger partial charge in [-0.25, -0.2) is 4.79 Å². The van der Waals surface area contributed by atoms with Crippen LogP contribution in [0.5, 0.6) is 11.5 Å². The number of benzene rings is 2. The molecule has 1 saturated heterocycles. The van der Waals surface area contributed by atoms with Gasteiger partial charge in [-0.15, -0.1) is 12.4 Å². The second-order valence-corrected chi connectivity index (χ2v) is 10.0. The molecular weight excluding hydrogens is 560 g/mol. The molecule has 2 aliphatic rings. The molecule has 42 heavy (non-hydrogen) atoms. The Morgan fingerprint density at radius 2 is 1.64 bits per heavy atom. The van der Waals surface area contributed by atoms with Crippen LogP contribution in [0.1, 0.15) is 38.7 Å². The average molecular weight is 603 g/mol. The van der Waals surface area contributed by atoms with Crippen molar-refractivity contribution in [2.24, 2.45) is 0 Å². The summed E-state index contributed by atoms with van der Waals surface area (Å²) in [6.07, 6.45) is 3.11. The molecule has 0 aliphatic carbocycles. The van der Waals surface area contributed by atoms with E-state index in [4.69, 9.17) is 14.2 Å². The summed E-state index contributed by atoms with van der Waals surface area (Å²) in [5.74, 6) is 0.832. The smallest absolute Gasteiger partial charge is 0.336 e. The molecule has 1 N–H and O–H groups in total. The first-order valence-corrected chi connectivity index (χ1v) is 14.0. The number of dihydropyridines is 1. The normalized spacial score (nSPS) is 17.1. The van der Waals surface area contributed by atoms with Crippen molar-refractivity contribution in [1.82, 2.24) is 15.1 Å². The Balaban J connectivity index is 0.000000287. The third-order valence-corrected chi connectivity index (χ3v) is 7.10. The van der Waals surface area contributed by atoms with Crippen molar-refractivity contribution in [2.75, 3.05) is 60.1 Å². The minimum Gasteiger partial charge on any atom is -0.493 e. The zero-order valence-electron chi connectivity index (χ0n) is 25.1. The molecular formula is C31H43ClN4O6. The summed E-state index contributed by atoms with van der Waals surface area (Å²) < 4.78 is 15.9. The standard InChI is InChI=1S/C16H26N2O2.C15H16N2O4.ClH/c1-3-8-17-9-11-18(12-10-17)13-14-20-16-7-5-4-6-15(16)19-2;1-9-7-13(14(10(2)16-9)15(18)21-3)11-5-4-6-12(8-11)17(19)20;/h4-7H,3,8-14H2,1-2H3;4-8,13,16H,1-3H3;1H. The lowest BCUT2D eigenvalue weighted by Gasteiger charge is -2.34. The highest BCUT2D eigenvalue weighted by molar-refractivity contribution is 5.92. The summed E-state index contributed by atoms with van der Waals surface area (Å²) in [5.41, 5.74) is 2.72. The Bertz CT molecular complexity index is 1240. The molecule has 0 saturated carbocycles. The molecule has 2 aromatic rings. The van der Waals surface area contributed by atoms with Crippen LogP contribution in [0.15, 0.2) is 71.6 Å². The van der Waals surface area contributed by atoms with Gasteiger partial charge in [-0.3, -0.25) is 15.0 Å². The van der Waals surface area contributed by atoms with E-state index in [1.54, 1.807) is 26.2 Å². The maximum absolute atomic E-state index is 12.0. The summed E-state index contributed by atoms with van der Waals surface area (Å²) in [7, 11) is 2.99. The van der Waals surface area contributed by atoms with Crippen LogP contribution < -0.4 is 14.8 Å². The summed E-state index contributed by atoms with van der Waals surface area (Å²) in [5, 5.41) is 14.0. The van der Waals surface area contributed by atoms with Gasteiger partial charge in [0.25, 0.3) is 5.69 Å². The number of non-ortho nitro benzene ring substituents is 1. The van der Waals surface area contributed by atoms with Crippen LogP contribution in [0.4, 0.5) is 5.69 Å². The van der Waals surface area contributed by atoms with Gasteiger partial charge in [0, 0.05) is 62.2 Å². The maximum atomic E-state index is 12.0. The minimum atomic E-state index is -0.449. The molecule has 1 fully saturated rings. The van der Waals surface area contributed by atoms with Gasteiger partial charge in [0.05, 0.1) is 24.7 Å². The number of nitrogens with one attached hydrogen (secondary N) is 1. The topological polar surface area (TPSA) is 106 Å². The molecule has 0 bridgehead atoms. The summed E-state index contributed by atoms with van der Waals surface area (Å²) in [4.78, 5) is 27.5. The first-order chi connectivity index (χ1) is 19.8. The van der Waals surface area contributed by atoms with Crippen LogP contribution in [0, 0.1) is 10.1 Å². The van der Waals surface area contributed by atoms with E-state index in [-0.39, 0.29) is 24.0 Å². The molecule has 11 heteroatoms. The molecule has 0 amide bonds. The van der Waals surface area contributed by atoms with Crippen molar-refractivity contribution >= 4 is 24.1 Å². The molecule has 230 valence electrons. The van der Waals surface area contributed by atoms with Crippen LogP contribution in [0.3, 0.4) is 0 Å². The highest BCUT2D eigenvalue weighted by atomic mass is 35.5. The number of nitrogens with zero attached hydrogens (tertiary/aromatic N) is 3. The summed E-state index contributed by atoms with van der Waals surface area (Å²) in [6, 6.07) is 14.1. The lowest BCUT2D eigenvalue weighted by atomic mass is 9.86. The van der Waals surface area contributed by atoms with Crippen LogP contribution in [-0.2, 0) is 9.53 Å². The van der Waals surface area contributed by atoms with Gasteiger partial charge in [-0.1, -0.05) is 37.3 Å². The van der Waals surface area contributed by atoms with Gasteiger partial charge >= 0.3 is 5.97 Å². The number of carbonyl (C=O) groups is 1. The maximum Gasteiger partial charge on any atom is 0.336 e. The molecule has 0 radical (unpaired) electrons. The Labute approximate surface area is 254 Å². The second-order valence-electron chi connectivity index (χ2n) is 10.0. The highest BCUT2D eigenvalue weighted by Gasteiger charge is 2.28. The van der Waals surface area contributed by atoms with Crippen molar-refractivity contribution < 1.29 is 23.9 Å². The van der Waals surface area contributed by atoms with E-state index in [1.165, 1.54) is 45.3 Å². The van der Waals surface area contributed by atoms with Gasteiger partial charge in [0.2, 0.25) is 0 Å². The average Bonchev–Trinajstić information content (AvgIpc) is 2.98. The van der Waals surface area contributed by atoms with Gasteiger partial charge < -0.3 is 24.4 Å². The lowest BCUT2D eigenvalue weighted by molar-refractivity contribution is -0.384. The lowest BCUT2D eigenvalue weighted by Crippen LogP contribution is -2.47. The third kappa shape index (κ3) is 9.75. The number of esters is 1. The molecule has 1 unspecified atom stereocenters. The van der Waals surface area contributed by atoms with E-state index in [0.29, 0.717) is 23.4 Å². The number of rotatable bonds is 10. The molecule has 0 aromatic heterocycles. The molecule has 4 rings (SSSR count). The zero-order chi connectivity index (χ0) is 29.8. The van der Waals surface area contributed by atoms with Crippen molar-refractivity contribution in [2.45, 2.75) is 33.1 Å². The molecule has 0 spiro atoms. The van der Waals surface area contributed by atoms with E-state index in [1.807, 2.05) is 37.3 Å². The molecule has 2 aromatic carbocycles.